The molecule has 0 aromatic rings. The minimum absolute atomic E-state index is 0. The van der Waals surface area contributed by atoms with Crippen LogP contribution in [0.2, 0.25) is 0 Å². The van der Waals surface area contributed by atoms with Crippen molar-refractivity contribution in [1.29, 1.82) is 0 Å². The van der Waals surface area contributed by atoms with Gasteiger partial charge in [0, 0.05) is 32.7 Å². The number of halogens is 1. The topological polar surface area (TPSA) is 0 Å². The molecule has 0 amide bonds. The summed E-state index contributed by atoms with van der Waals surface area (Å²) < 4.78 is 0. The van der Waals surface area contributed by atoms with Gasteiger partial charge in [0.25, 0.3) is 0 Å². The Bertz CT molecular complexity index is 13.5. The van der Waals surface area contributed by atoms with Crippen LogP contribution in [0.5, 0.6) is 0 Å². The largest absolute Gasteiger partial charge is 1.00 e. The molecular formula is H3ClCsLiY. The molecule has 0 aliphatic carbocycles. The van der Waals surface area contributed by atoms with Crippen LogP contribution >= 0.6 is 12.4 Å². The van der Waals surface area contributed by atoms with Crippen LogP contribution in [-0.2, 0) is 32.7 Å². The summed E-state index contributed by atoms with van der Waals surface area (Å²) in [5.74, 6) is 0. The van der Waals surface area contributed by atoms with Crippen molar-refractivity contribution in [3.05, 3.63) is 0 Å². The van der Waals surface area contributed by atoms with Gasteiger partial charge in [0.15, 0.2) is 0 Å². The third kappa shape index (κ3) is 9.40. The van der Waals surface area contributed by atoms with Crippen molar-refractivity contribution in [2.24, 2.45) is 0 Å². The van der Waals surface area contributed by atoms with E-state index in [2.05, 4.69) is 0 Å². The van der Waals surface area contributed by atoms with Crippen LogP contribution in [0, 0.1) is 0 Å². The zero-order valence-electron chi connectivity index (χ0n) is 4.99. The fourth-order valence-corrected chi connectivity index (χ4v) is 0. The second-order valence-electron chi connectivity index (χ2n) is 0. The quantitative estimate of drug-likeness (QED) is 0.385. The first-order valence-electron chi connectivity index (χ1n) is 0. The standard InChI is InChI=1S/ClH.Cs.Li.Y.2H/h1H;;;;;/q;2*+1;;2*-1. The first kappa shape index (κ1) is 24.4. The molecule has 0 nitrogen and oxygen atoms in total. The number of hydrogen-bond donors (Lipinski definition) is 0. The maximum atomic E-state index is 0. The summed E-state index contributed by atoms with van der Waals surface area (Å²) in [6, 6.07) is 0. The van der Waals surface area contributed by atoms with Gasteiger partial charge in [-0.3, -0.25) is 0 Å². The second-order valence-corrected chi connectivity index (χ2v) is 0. The van der Waals surface area contributed by atoms with Gasteiger partial charge in [0.2, 0.25) is 0 Å². The zero-order valence-corrected chi connectivity index (χ0v) is 12.9. The van der Waals surface area contributed by atoms with E-state index < -0.39 is 0 Å². The van der Waals surface area contributed by atoms with Gasteiger partial charge < -0.3 is 2.85 Å². The molecule has 0 aromatic carbocycles. The smallest absolute Gasteiger partial charge is 1.00 e. The minimum atomic E-state index is 0. The maximum absolute atomic E-state index is 0. The van der Waals surface area contributed by atoms with Crippen molar-refractivity contribution in [2.75, 3.05) is 0 Å². The average Bonchev–Trinajstić information content (AvgIpc) is 0. The average molecular weight is 267 g/mol. The third-order valence-electron chi connectivity index (χ3n) is 0. The predicted octanol–water partition coefficient (Wildman–Crippen LogP) is -5.35. The normalized spacial score (nSPS) is 0. The van der Waals surface area contributed by atoms with Gasteiger partial charge in [-0.1, -0.05) is 0 Å². The summed E-state index contributed by atoms with van der Waals surface area (Å²) in [4.78, 5) is 0. The van der Waals surface area contributed by atoms with Crippen LogP contribution in [-0.4, -0.2) is 0 Å². The fraction of sp³-hybridized carbons (Fsp3) is 0. The summed E-state index contributed by atoms with van der Waals surface area (Å²) in [7, 11) is 0. The monoisotopic (exact) mass is 267 g/mol. The van der Waals surface area contributed by atoms with Gasteiger partial charge >= 0.3 is 87.8 Å². The maximum Gasteiger partial charge on any atom is 1.00 e. The summed E-state index contributed by atoms with van der Waals surface area (Å²) in [6.07, 6.45) is 0. The van der Waals surface area contributed by atoms with Crippen molar-refractivity contribution in [3.8, 4) is 0 Å². The van der Waals surface area contributed by atoms with Crippen molar-refractivity contribution in [2.45, 2.75) is 0 Å². The summed E-state index contributed by atoms with van der Waals surface area (Å²) in [5, 5.41) is 0. The van der Waals surface area contributed by atoms with E-state index in [0.29, 0.717) is 0 Å². The Kier molecular flexibility index (Phi) is 96.0. The van der Waals surface area contributed by atoms with E-state index in [1.807, 2.05) is 0 Å². The van der Waals surface area contributed by atoms with Crippen LogP contribution in [0.25, 0.3) is 0 Å². The molecule has 0 aromatic heterocycles. The van der Waals surface area contributed by atoms with E-state index in [0.717, 1.165) is 0 Å². The molecule has 0 spiro atoms. The van der Waals surface area contributed by atoms with Gasteiger partial charge in [-0.2, -0.15) is 0 Å². The van der Waals surface area contributed by atoms with Crippen molar-refractivity contribution in [3.63, 3.8) is 0 Å². The third-order valence-corrected chi connectivity index (χ3v) is 0. The molecule has 4 heteroatoms. The van der Waals surface area contributed by atoms with Gasteiger partial charge in [-0.05, 0) is 0 Å². The van der Waals surface area contributed by atoms with Crippen LogP contribution in [0.15, 0.2) is 0 Å². The van der Waals surface area contributed by atoms with Crippen LogP contribution in [0.4, 0.5) is 0 Å². The van der Waals surface area contributed by atoms with Crippen molar-refractivity contribution in [1.82, 2.24) is 0 Å². The molecule has 1 radical (unpaired) electrons. The predicted molar refractivity (Wildman–Crippen MR) is 9.47 cm³/mol. The first-order valence-corrected chi connectivity index (χ1v) is 0. The van der Waals surface area contributed by atoms with E-state index in [9.17, 15) is 0 Å². The molecule has 0 aliphatic heterocycles. The molecule has 15 valence electrons. The molecule has 0 unspecified atom stereocenters. The van der Waals surface area contributed by atoms with Gasteiger partial charge in [-0.25, -0.2) is 0 Å². The molecule has 4 heavy (non-hydrogen) atoms. The summed E-state index contributed by atoms with van der Waals surface area (Å²) >= 11 is 0. The van der Waals surface area contributed by atoms with Crippen molar-refractivity contribution >= 4 is 12.4 Å². The molecule has 0 rings (SSSR count). The molecular weight excluding hydrogens is 264 g/mol. The Balaban J connectivity index is 0. The second kappa shape index (κ2) is 15.7. The first-order chi connectivity index (χ1) is 0. The van der Waals surface area contributed by atoms with Gasteiger partial charge in [-0.15, -0.1) is 12.4 Å². The molecule has 0 atom stereocenters. The Morgan fingerprint density at radius 2 is 1.25 bits per heavy atom. The Hall–Kier alpha value is 4.04. The Morgan fingerprint density at radius 3 is 1.25 bits per heavy atom. The SMILES string of the molecule is Cl.[Cs+].[H-].[H-].[Li+].[Y]. The molecule has 0 aliphatic rings. The molecule has 0 fully saturated rings. The van der Waals surface area contributed by atoms with E-state index in [-0.39, 0.29) is 136 Å². The number of rotatable bonds is 0. The molecule has 0 heterocycles. The molecule has 0 bridgehead atoms. The number of hydrogen-bond acceptors (Lipinski definition) is 0. The van der Waals surface area contributed by atoms with Crippen LogP contribution in [0.3, 0.4) is 0 Å². The molecule has 0 saturated heterocycles. The van der Waals surface area contributed by atoms with Gasteiger partial charge in [0.1, 0.15) is 0 Å². The Morgan fingerprint density at radius 1 is 1.25 bits per heavy atom. The fourth-order valence-electron chi connectivity index (χ4n) is 0. The van der Waals surface area contributed by atoms with E-state index in [1.165, 1.54) is 0 Å². The summed E-state index contributed by atoms with van der Waals surface area (Å²) in [5.41, 5.74) is 0. The van der Waals surface area contributed by atoms with Crippen LogP contribution in [0.1, 0.15) is 2.85 Å². The van der Waals surface area contributed by atoms with E-state index in [4.69, 9.17) is 0 Å². The minimum Gasteiger partial charge on any atom is -1.00 e. The van der Waals surface area contributed by atoms with E-state index in [1.54, 1.807) is 0 Å². The molecule has 0 saturated carbocycles. The van der Waals surface area contributed by atoms with Crippen LogP contribution < -0.4 is 87.8 Å². The van der Waals surface area contributed by atoms with Gasteiger partial charge in [0.05, 0.1) is 0 Å². The Labute approximate surface area is 131 Å². The van der Waals surface area contributed by atoms with E-state index >= 15 is 0 Å². The van der Waals surface area contributed by atoms with Crippen molar-refractivity contribution < 1.29 is 123 Å². The zero-order chi connectivity index (χ0) is 0. The molecule has 0 N–H and O–H groups in total. The summed E-state index contributed by atoms with van der Waals surface area (Å²) in [6.45, 7) is 0.